The van der Waals surface area contributed by atoms with E-state index in [-0.39, 0.29) is 103 Å². The van der Waals surface area contributed by atoms with Gasteiger partial charge in [-0.25, -0.2) is 34.3 Å². The summed E-state index contributed by atoms with van der Waals surface area (Å²) < 4.78 is 39.0. The molecule has 6 N–H and O–H groups in total. The van der Waals surface area contributed by atoms with Crippen LogP contribution >= 0.6 is 23.2 Å². The van der Waals surface area contributed by atoms with Crippen LogP contribution in [0.1, 0.15) is 150 Å². The first kappa shape index (κ1) is 113. The first-order valence-corrected chi connectivity index (χ1v) is 37.9. The summed E-state index contributed by atoms with van der Waals surface area (Å²) in [5.74, 6) is -0.598. The number of carboxylic acids is 1. The number of ether oxygens (including phenoxy) is 3. The molecule has 1 fully saturated rings. The van der Waals surface area contributed by atoms with E-state index in [2.05, 4.69) is 19.9 Å². The number of nitro benzene ring substituents is 1. The molecule has 1 aliphatic rings. The second-order valence-electron chi connectivity index (χ2n) is 24.3. The number of carbonyl (C=O) groups is 4. The van der Waals surface area contributed by atoms with E-state index in [0.29, 0.717) is 52.9 Å². The molecule has 0 unspecified atom stereocenters. The van der Waals surface area contributed by atoms with Crippen LogP contribution in [0.5, 0.6) is 0 Å². The maximum atomic E-state index is 12.0. The van der Waals surface area contributed by atoms with Crippen molar-refractivity contribution in [1.29, 1.82) is 0 Å². The van der Waals surface area contributed by atoms with Gasteiger partial charge in [0.05, 0.1) is 81.9 Å². The molecule has 0 atom stereocenters. The van der Waals surface area contributed by atoms with E-state index in [9.17, 15) is 38.9 Å². The summed E-state index contributed by atoms with van der Waals surface area (Å²) in [7, 11) is -1.00. The number of aldehydes is 1. The number of hydrogen-bond acceptors (Lipinski definition) is 17. The summed E-state index contributed by atoms with van der Waals surface area (Å²) >= 11 is 11.1. The van der Waals surface area contributed by atoms with E-state index in [1.165, 1.54) is 36.1 Å². The second-order valence-corrected chi connectivity index (χ2v) is 24.8. The second kappa shape index (κ2) is 71.9. The zero-order chi connectivity index (χ0) is 85.6. The number of imidazole rings is 4. The average Bonchev–Trinajstić information content (AvgIpc) is 1.26. The van der Waals surface area contributed by atoms with Gasteiger partial charge >= 0.3 is 36.8 Å². The monoisotopic (exact) mass is 1740 g/mol. The Morgan fingerprint density at radius 1 is 0.488 bits per heavy atom. The molecule has 9 aromatic carbocycles. The van der Waals surface area contributed by atoms with Gasteiger partial charge < -0.3 is 65.0 Å². The van der Waals surface area contributed by atoms with Crippen LogP contribution in [0.3, 0.4) is 0 Å². The van der Waals surface area contributed by atoms with Gasteiger partial charge in [-0.15, -0.1) is 23.2 Å². The van der Waals surface area contributed by atoms with Crippen molar-refractivity contribution in [3.05, 3.63) is 399 Å². The van der Waals surface area contributed by atoms with Crippen LogP contribution in [0.2, 0.25) is 0 Å². The predicted molar refractivity (Wildman–Crippen MR) is 488 cm³/mol. The third kappa shape index (κ3) is 49.7. The summed E-state index contributed by atoms with van der Waals surface area (Å²) in [5.41, 5.74) is 12.3. The molecule has 123 heavy (non-hydrogen) atoms. The van der Waals surface area contributed by atoms with Crippen LogP contribution in [-0.2, 0) is 65.4 Å². The van der Waals surface area contributed by atoms with Crippen molar-refractivity contribution in [2.75, 3.05) is 40.2 Å². The Balaban J connectivity index is -0.000000660. The number of non-ortho nitro benzene ring substituents is 1. The van der Waals surface area contributed by atoms with Gasteiger partial charge in [-0.2, -0.15) is 4.74 Å². The van der Waals surface area contributed by atoms with E-state index in [0.717, 1.165) is 89.4 Å². The van der Waals surface area contributed by atoms with E-state index in [1.54, 1.807) is 156 Å². The predicted octanol–water partition coefficient (Wildman–Crippen LogP) is 14.4. The number of aromatic carboxylic acids is 1. The number of carboxylic acid groups (broad SMARTS) is 1. The molecule has 654 valence electrons. The largest absolute Gasteiger partial charge is 1.00 e. The van der Waals surface area contributed by atoms with Crippen LogP contribution in [0.25, 0.3) is 0 Å². The summed E-state index contributed by atoms with van der Waals surface area (Å²) in [6.07, 6.45) is 26.8. The Hall–Kier alpha value is -11.8. The standard InChI is InChI=1S/C17H15N3O.C13H14N2O2.C11H12N2O.C11H10N2O.C10H11ClO2.C8H7ClO2.C7H8O.C6H5NO2.C4H8O.C2H6O.CH3F.3CH4.Al.Li.H2O.4H/c21-20(17-4-2-1-3-5-17)13-16-8-6-15(7-9-16)12-19-11-10-18-14-19;1-2-17-13(16)12-5-3-11(4-6-12)9-15-8-7-14-10-15;2*14-8-11-3-1-10(2-4-11)7-13-6-5-12-9-13;1-2-13-10(12)9-5-3-8(7-11)4-6-9;9-5-6-1-3-7(4-2-6)8(10)11;8-6-7-4-2-1-3-5-7;8-7(9)6-4-2-1-3-5-6;1-2-4-5-3-1;1-2-3;1-2;;;;;;;;;;/h1-11,13-14H,12H2;3-8,10H,2,9H2,1H3;1-6,9,14H,7-8H2;1-6,8-9H,7H2;3-6H,2,7H2,1H3;1-4H,5H2,(H,10,11);1-5,8H,6H2;1-5H;1-4H2;3H,2H2,1H3;1H3;3*1H4;;;1H2;;;;/q;;;;;;;;;;;;;;;+1;;;;;-1/b20-13-;;;;;;;;;;;;;;;;;;;;/i;;;;;;;;;;1D;;;;;;;;;;. The number of nitro groups is 1. The molecule has 0 spiro atoms. The van der Waals surface area contributed by atoms with Gasteiger partial charge in [0.2, 0.25) is 5.69 Å². The first-order chi connectivity index (χ1) is 57.4. The average molecular weight is 1740 g/mol. The number of esters is 2. The maximum absolute atomic E-state index is 12.0. The van der Waals surface area contributed by atoms with Crippen LogP contribution < -0.4 is 18.9 Å². The molecular weight excluding hydrogens is 1620 g/mol. The molecule has 0 radical (unpaired) electrons. The molecule has 0 bridgehead atoms. The van der Waals surface area contributed by atoms with E-state index >= 15 is 0 Å². The van der Waals surface area contributed by atoms with Crippen molar-refractivity contribution < 1.29 is 95.0 Å². The first-order valence-electron chi connectivity index (χ1n) is 37.5. The van der Waals surface area contributed by atoms with Crippen LogP contribution in [0, 0.1) is 15.3 Å². The molecule has 0 aliphatic carbocycles. The summed E-state index contributed by atoms with van der Waals surface area (Å²) in [6.45, 7) is 11.7. The smallest absolute Gasteiger partial charge is 1.00 e. The topological polar surface area (TPSA) is 349 Å². The van der Waals surface area contributed by atoms with Gasteiger partial charge in [0.1, 0.15) is 6.29 Å². The Bertz CT molecular complexity index is 4780. The molecule has 25 nitrogen and oxygen atoms in total. The number of aliphatic hydroxyl groups is 3. The SMILES string of the molecule is C.C.C.C1CCOC1.CCO.CCOC(=O)c1ccc(CCl)cc1.CCOC(=O)c1ccc(Cn2ccnc2)cc1.O.O=C(O)c1ccc(CCl)cc1.O=Cc1ccc(Cn2ccnc2)cc1.O=[N+]([O-])c1ccccc1.OCc1ccc(Cn2ccnc2)cc1.OCc1ccccc1.[2H]CF.[AlH3].[H-].[Li+].[O-]/[N+](=C\c1ccc(Cn2ccnc2)cc1)c1ccccc1. The molecule has 0 saturated carbocycles. The third-order valence-corrected chi connectivity index (χ3v) is 16.2. The zero-order valence-electron chi connectivity index (χ0n) is 68.9. The number of para-hydroxylation sites is 2. The zero-order valence-corrected chi connectivity index (χ0v) is 68.4. The van der Waals surface area contributed by atoms with Gasteiger partial charge in [0.25, 0.3) is 5.69 Å². The normalized spacial score (nSPS) is 10.1. The number of carbonyl (C=O) groups excluding carboxylic acids is 3. The minimum absolute atomic E-state index is 0. The molecule has 30 heteroatoms. The van der Waals surface area contributed by atoms with Gasteiger partial charge in [-0.1, -0.05) is 186 Å². The van der Waals surface area contributed by atoms with Crippen LogP contribution in [0.15, 0.2) is 311 Å². The summed E-state index contributed by atoms with van der Waals surface area (Å²) in [5, 5.41) is 55.5. The van der Waals surface area contributed by atoms with Crippen molar-refractivity contribution in [2.24, 2.45) is 0 Å². The number of aliphatic hydroxyl groups excluding tert-OH is 3. The molecular formula is C93H117AlCl2FLiN10O15. The molecule has 1 aliphatic heterocycles. The number of rotatable bonds is 21. The maximum Gasteiger partial charge on any atom is 1.00 e. The van der Waals surface area contributed by atoms with Crippen molar-refractivity contribution in [3.63, 3.8) is 0 Å². The molecule has 5 heterocycles. The molecule has 13 aromatic rings. The van der Waals surface area contributed by atoms with Crippen molar-refractivity contribution in [1.82, 2.24) is 38.2 Å². The van der Waals surface area contributed by atoms with E-state index < -0.39 is 18.0 Å². The number of hydrogen-bond donors (Lipinski definition) is 4. The minimum Gasteiger partial charge on any atom is -1.00 e. The van der Waals surface area contributed by atoms with Gasteiger partial charge in [0.15, 0.2) is 23.6 Å². The van der Waals surface area contributed by atoms with Crippen molar-refractivity contribution in [2.45, 2.75) is 107 Å². The van der Waals surface area contributed by atoms with Gasteiger partial charge in [-0.05, 0) is 127 Å². The number of alkyl halides is 3. The Kier molecular flexibility index (Phi) is 66.2. The number of halogens is 3. The third-order valence-electron chi connectivity index (χ3n) is 15.5. The van der Waals surface area contributed by atoms with Crippen molar-refractivity contribution >= 4 is 82.3 Å². The fourth-order valence-corrected chi connectivity index (χ4v) is 9.95. The van der Waals surface area contributed by atoms with Crippen LogP contribution in [0.4, 0.5) is 15.8 Å². The van der Waals surface area contributed by atoms with E-state index in [1.807, 2.05) is 189 Å². The van der Waals surface area contributed by atoms with E-state index in [4.69, 9.17) is 59.2 Å². The number of aromatic nitrogens is 8. The molecule has 1 saturated heterocycles. The summed E-state index contributed by atoms with van der Waals surface area (Å²) in [6, 6.07) is 71.0. The van der Waals surface area contributed by atoms with Crippen molar-refractivity contribution in [3.8, 4) is 0 Å². The molecule has 0 amide bonds. The Labute approximate surface area is 757 Å². The number of nitrogens with zero attached hydrogens (tertiary/aromatic N) is 10. The minimum atomic E-state index is -1.00. The van der Waals surface area contributed by atoms with Crippen LogP contribution in [-0.4, -0.2) is 162 Å². The van der Waals surface area contributed by atoms with Gasteiger partial charge in [0, 0.05) is 143 Å². The van der Waals surface area contributed by atoms with Gasteiger partial charge in [-0.3, -0.25) is 19.3 Å². The molecule has 4 aromatic heterocycles. The summed E-state index contributed by atoms with van der Waals surface area (Å²) in [4.78, 5) is 68.9. The Morgan fingerprint density at radius 2 is 0.772 bits per heavy atom. The number of benzene rings is 9. The fraction of sp³-hybridized carbons (Fsp3) is 0.237. The fourth-order valence-electron chi connectivity index (χ4n) is 9.59. The molecule has 14 rings (SSSR count). The Morgan fingerprint density at radius 3 is 1.03 bits per heavy atom. The quantitative estimate of drug-likeness (QED) is 0.00597.